The summed E-state index contributed by atoms with van der Waals surface area (Å²) in [4.78, 5) is 3.16. The Bertz CT molecular complexity index is 415. The first-order valence-electron chi connectivity index (χ1n) is 8.80. The lowest BCUT2D eigenvalue weighted by Crippen LogP contribution is -2.40. The Morgan fingerprint density at radius 3 is 2.33 bits per heavy atom. The van der Waals surface area contributed by atoms with Gasteiger partial charge >= 0.3 is 0 Å². The molecule has 0 radical (unpaired) electrons. The minimum atomic E-state index is 0.245. The summed E-state index contributed by atoms with van der Waals surface area (Å²) in [7, 11) is 0. The highest BCUT2D eigenvalue weighted by atomic mass is 32.1. The maximum atomic E-state index is 3.75. The normalized spacial score (nSPS) is 24.0. The van der Waals surface area contributed by atoms with Gasteiger partial charge in [-0.2, -0.15) is 0 Å². The zero-order valence-electron chi connectivity index (χ0n) is 14.4. The Labute approximate surface area is 135 Å². The van der Waals surface area contributed by atoms with Crippen molar-refractivity contribution in [2.75, 3.05) is 6.54 Å². The Morgan fingerprint density at radius 1 is 1.05 bits per heavy atom. The fraction of sp³-hybridized carbons (Fsp3) is 0.789. The van der Waals surface area contributed by atoms with Crippen molar-refractivity contribution in [1.82, 2.24) is 5.32 Å². The van der Waals surface area contributed by atoms with E-state index in [1.165, 1.54) is 51.5 Å². The van der Waals surface area contributed by atoms with E-state index in [1.54, 1.807) is 9.75 Å². The van der Waals surface area contributed by atoms with E-state index in [4.69, 9.17) is 0 Å². The SMILES string of the molecule is CCc1ccc(CC2CCCCCC2CNC(C)(C)C)s1. The molecular formula is C19H33NS. The van der Waals surface area contributed by atoms with Crippen LogP contribution in [0.3, 0.4) is 0 Å². The van der Waals surface area contributed by atoms with Gasteiger partial charge in [-0.25, -0.2) is 0 Å². The van der Waals surface area contributed by atoms with E-state index in [-0.39, 0.29) is 5.54 Å². The van der Waals surface area contributed by atoms with Crippen LogP contribution in [0.25, 0.3) is 0 Å². The molecule has 1 fully saturated rings. The van der Waals surface area contributed by atoms with E-state index in [0.29, 0.717) is 0 Å². The molecule has 0 aromatic carbocycles. The van der Waals surface area contributed by atoms with Crippen LogP contribution in [-0.4, -0.2) is 12.1 Å². The number of aryl methyl sites for hydroxylation is 1. The Hall–Kier alpha value is -0.340. The molecule has 2 atom stereocenters. The second-order valence-electron chi connectivity index (χ2n) is 7.71. The summed E-state index contributed by atoms with van der Waals surface area (Å²) in [6.07, 6.45) is 9.63. The van der Waals surface area contributed by atoms with Gasteiger partial charge in [-0.05, 0) is 77.0 Å². The van der Waals surface area contributed by atoms with Crippen LogP contribution in [0.2, 0.25) is 0 Å². The van der Waals surface area contributed by atoms with Gasteiger partial charge in [0.05, 0.1) is 0 Å². The summed E-state index contributed by atoms with van der Waals surface area (Å²) in [6, 6.07) is 4.71. The van der Waals surface area contributed by atoms with Crippen molar-refractivity contribution < 1.29 is 0 Å². The van der Waals surface area contributed by atoms with Crippen molar-refractivity contribution in [3.8, 4) is 0 Å². The molecule has 2 rings (SSSR count). The maximum absolute atomic E-state index is 3.75. The van der Waals surface area contributed by atoms with E-state index in [1.807, 2.05) is 11.3 Å². The third-order valence-electron chi connectivity index (χ3n) is 4.74. The highest BCUT2D eigenvalue weighted by Gasteiger charge is 2.25. The van der Waals surface area contributed by atoms with Crippen LogP contribution in [0.1, 0.15) is 69.6 Å². The smallest absolute Gasteiger partial charge is 0.00966 e. The van der Waals surface area contributed by atoms with E-state index < -0.39 is 0 Å². The third-order valence-corrected chi connectivity index (χ3v) is 5.99. The average Bonchev–Trinajstić information content (AvgIpc) is 2.75. The van der Waals surface area contributed by atoms with Crippen LogP contribution in [0.5, 0.6) is 0 Å². The molecule has 0 saturated heterocycles. The molecule has 1 aromatic heterocycles. The molecule has 1 saturated carbocycles. The summed E-state index contributed by atoms with van der Waals surface area (Å²) in [5.74, 6) is 1.74. The van der Waals surface area contributed by atoms with E-state index >= 15 is 0 Å². The molecule has 0 amide bonds. The lowest BCUT2D eigenvalue weighted by atomic mass is 9.84. The molecule has 1 N–H and O–H groups in total. The van der Waals surface area contributed by atoms with Gasteiger partial charge in [-0.15, -0.1) is 11.3 Å². The highest BCUT2D eigenvalue weighted by Crippen LogP contribution is 2.33. The average molecular weight is 308 g/mol. The quantitative estimate of drug-likeness (QED) is 0.714. The number of thiophene rings is 1. The number of rotatable bonds is 5. The Morgan fingerprint density at radius 2 is 1.71 bits per heavy atom. The number of hydrogen-bond donors (Lipinski definition) is 1. The van der Waals surface area contributed by atoms with Crippen molar-refractivity contribution in [3.63, 3.8) is 0 Å². The molecule has 2 unspecified atom stereocenters. The second kappa shape index (κ2) is 7.78. The molecule has 1 heterocycles. The predicted molar refractivity (Wildman–Crippen MR) is 95.2 cm³/mol. The van der Waals surface area contributed by atoms with Crippen molar-refractivity contribution >= 4 is 11.3 Å². The second-order valence-corrected chi connectivity index (χ2v) is 8.97. The molecule has 0 spiro atoms. The molecule has 2 heteroatoms. The minimum Gasteiger partial charge on any atom is -0.312 e. The molecule has 120 valence electrons. The molecule has 1 aromatic rings. The van der Waals surface area contributed by atoms with Crippen LogP contribution in [-0.2, 0) is 12.8 Å². The monoisotopic (exact) mass is 307 g/mol. The first-order valence-corrected chi connectivity index (χ1v) is 9.62. The molecule has 0 bridgehead atoms. The van der Waals surface area contributed by atoms with Crippen molar-refractivity contribution in [2.24, 2.45) is 11.8 Å². The van der Waals surface area contributed by atoms with E-state index in [0.717, 1.165) is 11.8 Å². The van der Waals surface area contributed by atoms with Crippen molar-refractivity contribution in [1.29, 1.82) is 0 Å². The van der Waals surface area contributed by atoms with Crippen LogP contribution in [0.4, 0.5) is 0 Å². The highest BCUT2D eigenvalue weighted by molar-refractivity contribution is 7.11. The zero-order valence-corrected chi connectivity index (χ0v) is 15.2. The molecule has 1 aliphatic carbocycles. The van der Waals surface area contributed by atoms with Crippen molar-refractivity contribution in [3.05, 3.63) is 21.9 Å². The van der Waals surface area contributed by atoms with E-state index in [2.05, 4.69) is 45.1 Å². The molecule has 0 aliphatic heterocycles. The summed E-state index contributed by atoms with van der Waals surface area (Å²) in [6.45, 7) is 10.3. The maximum Gasteiger partial charge on any atom is 0.00966 e. The van der Waals surface area contributed by atoms with Gasteiger partial charge in [0.2, 0.25) is 0 Å². The standard InChI is InChI=1S/C19H33NS/c1-5-17-11-12-18(21-17)13-15-9-7-6-8-10-16(15)14-20-19(2,3)4/h11-12,15-16,20H,5-10,13-14H2,1-4H3. The van der Waals surface area contributed by atoms with Gasteiger partial charge in [0, 0.05) is 15.3 Å². The van der Waals surface area contributed by atoms with Crippen LogP contribution < -0.4 is 5.32 Å². The lowest BCUT2D eigenvalue weighted by molar-refractivity contribution is 0.270. The minimum absolute atomic E-state index is 0.245. The first kappa shape index (κ1) is 17.0. The lowest BCUT2D eigenvalue weighted by Gasteiger charge is -2.29. The number of hydrogen-bond acceptors (Lipinski definition) is 2. The summed E-state index contributed by atoms with van der Waals surface area (Å²) < 4.78 is 0. The van der Waals surface area contributed by atoms with Crippen molar-refractivity contribution in [2.45, 2.75) is 78.2 Å². The van der Waals surface area contributed by atoms with Gasteiger partial charge in [0.1, 0.15) is 0 Å². The van der Waals surface area contributed by atoms with Gasteiger partial charge in [0.15, 0.2) is 0 Å². The first-order chi connectivity index (χ1) is 9.98. The van der Waals surface area contributed by atoms with Crippen LogP contribution in [0, 0.1) is 11.8 Å². The molecule has 1 nitrogen and oxygen atoms in total. The van der Waals surface area contributed by atoms with Gasteiger partial charge in [0.25, 0.3) is 0 Å². The van der Waals surface area contributed by atoms with Crippen LogP contribution in [0.15, 0.2) is 12.1 Å². The predicted octanol–water partition coefficient (Wildman–Crippen LogP) is 5.44. The fourth-order valence-corrected chi connectivity index (χ4v) is 4.47. The number of nitrogens with one attached hydrogen (secondary N) is 1. The summed E-state index contributed by atoms with van der Waals surface area (Å²) >= 11 is 2.04. The molecular weight excluding hydrogens is 274 g/mol. The van der Waals surface area contributed by atoms with E-state index in [9.17, 15) is 0 Å². The van der Waals surface area contributed by atoms with Gasteiger partial charge in [-0.1, -0.05) is 26.2 Å². The topological polar surface area (TPSA) is 12.0 Å². The fourth-order valence-electron chi connectivity index (χ4n) is 3.42. The van der Waals surface area contributed by atoms with Gasteiger partial charge in [-0.3, -0.25) is 0 Å². The Kier molecular flexibility index (Phi) is 6.31. The summed E-state index contributed by atoms with van der Waals surface area (Å²) in [5.41, 5.74) is 0.245. The van der Waals surface area contributed by atoms with Gasteiger partial charge < -0.3 is 5.32 Å². The zero-order chi connectivity index (χ0) is 15.3. The molecule has 21 heavy (non-hydrogen) atoms. The Balaban J connectivity index is 1.97. The largest absolute Gasteiger partial charge is 0.312 e. The molecule has 1 aliphatic rings. The third kappa shape index (κ3) is 5.75. The summed E-state index contributed by atoms with van der Waals surface area (Å²) in [5, 5.41) is 3.75. The van der Waals surface area contributed by atoms with Crippen LogP contribution >= 0.6 is 11.3 Å².